The van der Waals surface area contributed by atoms with E-state index in [0.29, 0.717) is 27.8 Å². The van der Waals surface area contributed by atoms with Gasteiger partial charge in [-0.25, -0.2) is 18.3 Å². The summed E-state index contributed by atoms with van der Waals surface area (Å²) in [6.07, 6.45) is -2.02. The van der Waals surface area contributed by atoms with Crippen LogP contribution in [-0.4, -0.2) is 21.2 Å². The molecule has 9 heteroatoms. The molecule has 2 N–H and O–H groups in total. The summed E-state index contributed by atoms with van der Waals surface area (Å²) in [6.45, 7) is 0. The molecule has 4 nitrogen and oxygen atoms in total. The Morgan fingerprint density at radius 1 is 1.03 bits per heavy atom. The molecule has 4 rings (SSSR count). The van der Waals surface area contributed by atoms with E-state index < -0.39 is 28.5 Å². The van der Waals surface area contributed by atoms with E-state index in [4.69, 9.17) is 0 Å². The van der Waals surface area contributed by atoms with Crippen molar-refractivity contribution in [1.82, 2.24) is 14.7 Å². The lowest BCUT2D eigenvalue weighted by Gasteiger charge is -2.10. The first-order valence-corrected chi connectivity index (χ1v) is 10.6. The van der Waals surface area contributed by atoms with Crippen LogP contribution in [-0.2, 0) is 17.2 Å². The maximum atomic E-state index is 13.3. The predicted octanol–water partition coefficient (Wildman–Crippen LogP) is 5.80. The van der Waals surface area contributed by atoms with Crippen molar-refractivity contribution >= 4 is 34.2 Å². The Morgan fingerprint density at radius 3 is 2.56 bits per heavy atom. The van der Waals surface area contributed by atoms with Crippen molar-refractivity contribution in [3.8, 4) is 11.1 Å². The summed E-state index contributed by atoms with van der Waals surface area (Å²) in [6, 6.07) is 15.3. The third-order valence-electron chi connectivity index (χ3n) is 4.82. The molecule has 0 aliphatic rings. The summed E-state index contributed by atoms with van der Waals surface area (Å²) in [4.78, 5) is 8.07. The van der Waals surface area contributed by atoms with E-state index in [0.717, 1.165) is 23.3 Å². The van der Waals surface area contributed by atoms with Gasteiger partial charge in [-0.05, 0) is 60.1 Å². The van der Waals surface area contributed by atoms with Gasteiger partial charge in [-0.15, -0.1) is 0 Å². The van der Waals surface area contributed by atoms with Crippen molar-refractivity contribution in [2.75, 3.05) is 7.05 Å². The number of rotatable bonds is 5. The molecule has 3 aromatic carbocycles. The normalized spacial score (nSPS) is 13.2. The molecule has 164 valence electrons. The largest absolute Gasteiger partial charge is 0.417 e. The van der Waals surface area contributed by atoms with Gasteiger partial charge in [0.05, 0.1) is 21.5 Å². The molecular weight excluding hydrogens is 442 g/mol. The van der Waals surface area contributed by atoms with Crippen LogP contribution in [0.15, 0.2) is 65.6 Å². The van der Waals surface area contributed by atoms with Crippen LogP contribution in [0.1, 0.15) is 17.0 Å². The van der Waals surface area contributed by atoms with Crippen LogP contribution in [0, 0.1) is 5.82 Å². The van der Waals surface area contributed by atoms with Crippen molar-refractivity contribution in [2.45, 2.75) is 11.1 Å². The van der Waals surface area contributed by atoms with Gasteiger partial charge in [0.25, 0.3) is 0 Å². The average molecular weight is 459 g/mol. The summed E-state index contributed by atoms with van der Waals surface area (Å²) in [5.74, 6) is -0.605. The number of fused-ring (bicyclic) bond motifs is 1. The van der Waals surface area contributed by atoms with Gasteiger partial charge in [-0.2, -0.15) is 13.2 Å². The zero-order chi connectivity index (χ0) is 22.9. The van der Waals surface area contributed by atoms with E-state index in [2.05, 4.69) is 14.7 Å². The van der Waals surface area contributed by atoms with E-state index in [9.17, 15) is 21.8 Å². The fourth-order valence-corrected chi connectivity index (χ4v) is 4.15. The Morgan fingerprint density at radius 2 is 1.81 bits per heavy atom. The van der Waals surface area contributed by atoms with Gasteiger partial charge in [-0.1, -0.05) is 36.4 Å². The van der Waals surface area contributed by atoms with Crippen LogP contribution in [0.5, 0.6) is 0 Å². The number of aromatic amines is 1. The number of nitrogens with one attached hydrogen (secondary N) is 2. The number of benzene rings is 3. The van der Waals surface area contributed by atoms with E-state index in [1.165, 1.54) is 12.2 Å². The molecular formula is C23H17F4N3OS. The third kappa shape index (κ3) is 4.49. The molecule has 0 fully saturated rings. The van der Waals surface area contributed by atoms with Gasteiger partial charge in [0, 0.05) is 0 Å². The minimum absolute atomic E-state index is 0.163. The van der Waals surface area contributed by atoms with Crippen LogP contribution in [0.3, 0.4) is 0 Å². The van der Waals surface area contributed by atoms with Crippen molar-refractivity contribution in [3.63, 3.8) is 0 Å². The molecule has 32 heavy (non-hydrogen) atoms. The van der Waals surface area contributed by atoms with Crippen LogP contribution >= 0.6 is 0 Å². The number of nitrogens with zero attached hydrogens (tertiary/aromatic N) is 1. The first kappa shape index (κ1) is 21.9. The molecule has 0 amide bonds. The molecule has 0 aliphatic heterocycles. The summed E-state index contributed by atoms with van der Waals surface area (Å²) < 4.78 is 67.9. The second kappa shape index (κ2) is 8.68. The Labute approximate surface area is 183 Å². The first-order chi connectivity index (χ1) is 15.3. The molecule has 1 atom stereocenters. The topological polar surface area (TPSA) is 57.8 Å². The van der Waals surface area contributed by atoms with Crippen LogP contribution in [0.4, 0.5) is 17.6 Å². The van der Waals surface area contributed by atoms with E-state index in [-0.39, 0.29) is 5.56 Å². The Kier molecular flexibility index (Phi) is 5.94. The molecule has 1 heterocycles. The second-order valence-corrected chi connectivity index (χ2v) is 8.27. The van der Waals surface area contributed by atoms with Gasteiger partial charge in [0.2, 0.25) is 0 Å². The fourth-order valence-electron chi connectivity index (χ4n) is 3.34. The molecule has 1 aromatic heterocycles. The predicted molar refractivity (Wildman–Crippen MR) is 117 cm³/mol. The third-order valence-corrected chi connectivity index (χ3v) is 5.95. The molecule has 0 saturated heterocycles. The van der Waals surface area contributed by atoms with Gasteiger partial charge >= 0.3 is 6.18 Å². The highest BCUT2D eigenvalue weighted by Crippen LogP contribution is 2.33. The molecule has 1 unspecified atom stereocenters. The molecule has 0 bridgehead atoms. The van der Waals surface area contributed by atoms with Crippen LogP contribution in [0.2, 0.25) is 0 Å². The number of alkyl halides is 3. The number of hydrogen-bond donors (Lipinski definition) is 2. The van der Waals surface area contributed by atoms with Crippen molar-refractivity contribution < 1.29 is 21.8 Å². The van der Waals surface area contributed by atoms with Gasteiger partial charge < -0.3 is 4.98 Å². The summed E-state index contributed by atoms with van der Waals surface area (Å²) in [5, 5.41) is 0. The van der Waals surface area contributed by atoms with Crippen molar-refractivity contribution in [3.05, 3.63) is 83.4 Å². The average Bonchev–Trinajstić information content (AvgIpc) is 3.19. The summed E-state index contributed by atoms with van der Waals surface area (Å²) in [7, 11) is 0.234. The SMILES string of the molecule is CNS(=O)c1ccccc1-c1ccc2nc(/C=C/c3ccc(F)cc3C(F)(F)F)[nH]c2c1. The van der Waals surface area contributed by atoms with Crippen molar-refractivity contribution in [2.24, 2.45) is 0 Å². The van der Waals surface area contributed by atoms with Crippen molar-refractivity contribution in [1.29, 1.82) is 0 Å². The highest BCUT2D eigenvalue weighted by molar-refractivity contribution is 7.83. The minimum atomic E-state index is -4.68. The zero-order valence-corrected chi connectivity index (χ0v) is 17.5. The first-order valence-electron chi connectivity index (χ1n) is 9.49. The monoisotopic (exact) mass is 459 g/mol. The van der Waals surface area contributed by atoms with E-state index >= 15 is 0 Å². The number of H-pyrrole nitrogens is 1. The molecule has 0 saturated carbocycles. The highest BCUT2D eigenvalue weighted by atomic mass is 32.2. The lowest BCUT2D eigenvalue weighted by atomic mass is 10.1. The quantitative estimate of drug-likeness (QED) is 0.371. The number of halogens is 4. The smallest absolute Gasteiger partial charge is 0.338 e. The lowest BCUT2D eigenvalue weighted by molar-refractivity contribution is -0.137. The lowest BCUT2D eigenvalue weighted by Crippen LogP contribution is -2.11. The van der Waals surface area contributed by atoms with Gasteiger partial charge in [0.15, 0.2) is 0 Å². The number of aromatic nitrogens is 2. The minimum Gasteiger partial charge on any atom is -0.338 e. The standard InChI is InChI=1S/C23H17F4N3OS/c1-28-32(31)21-5-3-2-4-17(21)15-7-10-19-20(12-15)30-22(29-19)11-8-14-6-9-16(24)13-18(14)23(25,26)27/h2-13,28H,1H3,(H,29,30)/b11-8+. The molecule has 4 aromatic rings. The van der Waals surface area contributed by atoms with E-state index in [1.807, 2.05) is 24.3 Å². The number of hydrogen-bond acceptors (Lipinski definition) is 2. The molecule has 0 aliphatic carbocycles. The fraction of sp³-hybridized carbons (Fsp3) is 0.0870. The Balaban J connectivity index is 1.70. The second-order valence-electron chi connectivity index (χ2n) is 6.89. The molecule has 0 radical (unpaired) electrons. The Bertz CT molecular complexity index is 1340. The maximum absolute atomic E-state index is 13.3. The van der Waals surface area contributed by atoms with E-state index in [1.54, 1.807) is 25.2 Å². The summed E-state index contributed by atoms with van der Waals surface area (Å²) >= 11 is 0. The molecule has 0 spiro atoms. The zero-order valence-electron chi connectivity index (χ0n) is 16.7. The van der Waals surface area contributed by atoms with Crippen LogP contribution < -0.4 is 4.72 Å². The maximum Gasteiger partial charge on any atom is 0.417 e. The van der Waals surface area contributed by atoms with Crippen LogP contribution in [0.25, 0.3) is 34.3 Å². The Hall–Kier alpha value is -3.30. The summed E-state index contributed by atoms with van der Waals surface area (Å²) in [5.41, 5.74) is 1.67. The van der Waals surface area contributed by atoms with Gasteiger partial charge in [-0.3, -0.25) is 0 Å². The number of imidazole rings is 1. The highest BCUT2D eigenvalue weighted by Gasteiger charge is 2.33. The van der Waals surface area contributed by atoms with Gasteiger partial charge in [0.1, 0.15) is 22.6 Å².